The van der Waals surface area contributed by atoms with Crippen LogP contribution >= 0.6 is 0 Å². The van der Waals surface area contributed by atoms with Crippen molar-refractivity contribution in [3.63, 3.8) is 0 Å². The summed E-state index contributed by atoms with van der Waals surface area (Å²) in [6.07, 6.45) is 20.0. The van der Waals surface area contributed by atoms with Crippen molar-refractivity contribution in [2.75, 3.05) is 6.61 Å². The van der Waals surface area contributed by atoms with Crippen LogP contribution in [-0.4, -0.2) is 6.61 Å². The van der Waals surface area contributed by atoms with Gasteiger partial charge in [0.1, 0.15) is 0 Å². The van der Waals surface area contributed by atoms with Gasteiger partial charge in [-0.1, -0.05) is 97.3 Å². The lowest BCUT2D eigenvalue weighted by molar-refractivity contribution is 0.130. The molecule has 0 fully saturated rings. The fraction of sp³-hybridized carbons (Fsp3) is 1.00. The van der Waals surface area contributed by atoms with Crippen molar-refractivity contribution in [3.05, 3.63) is 0 Å². The molecule has 0 aliphatic heterocycles. The Kier molecular flexibility index (Phi) is 17.0. The van der Waals surface area contributed by atoms with Gasteiger partial charge in [-0.25, -0.2) is 5.11 Å². The van der Waals surface area contributed by atoms with E-state index >= 15 is 0 Å². The maximum absolute atomic E-state index is 11.2. The molecule has 0 rings (SSSR count). The standard InChI is InChI=1S/C19H39O/c1-3-5-7-9-11-13-15-17-19(18-20)16-14-12-10-8-6-4-2/h19H,3-18H2,1-2H3. The van der Waals surface area contributed by atoms with Crippen LogP contribution < -0.4 is 0 Å². The van der Waals surface area contributed by atoms with Crippen molar-refractivity contribution >= 4 is 0 Å². The number of hydrogen-bond donors (Lipinski definition) is 0. The van der Waals surface area contributed by atoms with Crippen LogP contribution in [-0.2, 0) is 5.11 Å². The first-order valence-electron chi connectivity index (χ1n) is 9.43. The summed E-state index contributed by atoms with van der Waals surface area (Å²) in [6.45, 7) is 4.68. The molecule has 0 amide bonds. The van der Waals surface area contributed by atoms with E-state index in [1.54, 1.807) is 0 Å². The van der Waals surface area contributed by atoms with Gasteiger partial charge >= 0.3 is 0 Å². The zero-order valence-corrected chi connectivity index (χ0v) is 14.3. The molecule has 121 valence electrons. The van der Waals surface area contributed by atoms with Crippen LogP contribution in [0.15, 0.2) is 0 Å². The van der Waals surface area contributed by atoms with Gasteiger partial charge in [0.05, 0.1) is 6.61 Å². The summed E-state index contributed by atoms with van der Waals surface area (Å²) >= 11 is 0. The summed E-state index contributed by atoms with van der Waals surface area (Å²) in [5.41, 5.74) is 0. The zero-order chi connectivity index (χ0) is 14.9. The summed E-state index contributed by atoms with van der Waals surface area (Å²) in [4.78, 5) is 0. The molecule has 0 bridgehead atoms. The lowest BCUT2D eigenvalue weighted by atomic mass is 9.95. The van der Waals surface area contributed by atoms with Gasteiger partial charge in [-0.05, 0) is 18.8 Å². The molecule has 0 heterocycles. The van der Waals surface area contributed by atoms with Gasteiger partial charge in [-0.2, -0.15) is 0 Å². The van der Waals surface area contributed by atoms with Crippen LogP contribution in [0.5, 0.6) is 0 Å². The minimum atomic E-state index is 0.158. The molecule has 1 unspecified atom stereocenters. The fourth-order valence-corrected chi connectivity index (χ4v) is 2.91. The van der Waals surface area contributed by atoms with Gasteiger partial charge in [-0.3, -0.25) is 0 Å². The molecule has 0 N–H and O–H groups in total. The minimum Gasteiger partial charge on any atom is -0.236 e. The predicted octanol–water partition coefficient (Wildman–Crippen LogP) is 6.92. The average molecular weight is 284 g/mol. The third-order valence-electron chi connectivity index (χ3n) is 4.42. The Hall–Kier alpha value is -0.0400. The molecule has 0 spiro atoms. The van der Waals surface area contributed by atoms with E-state index in [0.29, 0.717) is 5.92 Å². The number of rotatable bonds is 16. The van der Waals surface area contributed by atoms with Crippen LogP contribution in [0.4, 0.5) is 0 Å². The molecule has 0 saturated heterocycles. The van der Waals surface area contributed by atoms with E-state index in [0.717, 1.165) is 0 Å². The normalized spacial score (nSPS) is 12.8. The summed E-state index contributed by atoms with van der Waals surface area (Å²) in [7, 11) is 0. The van der Waals surface area contributed by atoms with E-state index in [-0.39, 0.29) is 6.61 Å². The highest BCUT2D eigenvalue weighted by Crippen LogP contribution is 2.18. The molecule has 0 aromatic rings. The highest BCUT2D eigenvalue weighted by atomic mass is 16.3. The van der Waals surface area contributed by atoms with Gasteiger partial charge < -0.3 is 0 Å². The van der Waals surface area contributed by atoms with Crippen molar-refractivity contribution in [3.8, 4) is 0 Å². The van der Waals surface area contributed by atoms with E-state index in [9.17, 15) is 5.11 Å². The van der Waals surface area contributed by atoms with E-state index in [2.05, 4.69) is 13.8 Å². The van der Waals surface area contributed by atoms with Crippen molar-refractivity contribution < 1.29 is 5.11 Å². The number of hydrogen-bond acceptors (Lipinski definition) is 0. The van der Waals surface area contributed by atoms with Crippen LogP contribution in [0.3, 0.4) is 0 Å². The number of unbranched alkanes of at least 4 members (excludes halogenated alkanes) is 11. The van der Waals surface area contributed by atoms with Crippen LogP contribution in [0.2, 0.25) is 0 Å². The Labute approximate surface area is 128 Å². The molecule has 0 aliphatic rings. The maximum Gasteiger partial charge on any atom is 0.0850 e. The second-order valence-electron chi connectivity index (χ2n) is 6.50. The average Bonchev–Trinajstić information content (AvgIpc) is 2.47. The molecule has 0 aromatic carbocycles. The molecule has 1 heteroatoms. The van der Waals surface area contributed by atoms with Crippen LogP contribution in [0.25, 0.3) is 0 Å². The second-order valence-corrected chi connectivity index (χ2v) is 6.50. The lowest BCUT2D eigenvalue weighted by Crippen LogP contribution is -2.05. The monoisotopic (exact) mass is 283 g/mol. The second kappa shape index (κ2) is 17.0. The molecule has 1 radical (unpaired) electrons. The van der Waals surface area contributed by atoms with Gasteiger partial charge in [0, 0.05) is 0 Å². The highest BCUT2D eigenvalue weighted by Gasteiger charge is 2.07. The van der Waals surface area contributed by atoms with Crippen molar-refractivity contribution in [1.82, 2.24) is 0 Å². The molecular formula is C19H39O. The van der Waals surface area contributed by atoms with E-state index in [4.69, 9.17) is 0 Å². The van der Waals surface area contributed by atoms with Gasteiger partial charge in [0.2, 0.25) is 0 Å². The van der Waals surface area contributed by atoms with Gasteiger partial charge in [0.25, 0.3) is 0 Å². The summed E-state index contributed by atoms with van der Waals surface area (Å²) in [6, 6.07) is 0. The summed E-state index contributed by atoms with van der Waals surface area (Å²) < 4.78 is 0. The Balaban J connectivity index is 3.29. The fourth-order valence-electron chi connectivity index (χ4n) is 2.91. The molecule has 0 aliphatic carbocycles. The van der Waals surface area contributed by atoms with Gasteiger partial charge in [-0.15, -0.1) is 0 Å². The first kappa shape index (κ1) is 20.0. The first-order valence-corrected chi connectivity index (χ1v) is 9.43. The van der Waals surface area contributed by atoms with E-state index in [1.165, 1.54) is 96.3 Å². The predicted molar refractivity (Wildman–Crippen MR) is 89.6 cm³/mol. The van der Waals surface area contributed by atoms with Crippen molar-refractivity contribution in [2.24, 2.45) is 5.92 Å². The topological polar surface area (TPSA) is 19.9 Å². The van der Waals surface area contributed by atoms with Crippen molar-refractivity contribution in [1.29, 1.82) is 0 Å². The Morgan fingerprint density at radius 1 is 0.550 bits per heavy atom. The third kappa shape index (κ3) is 14.4. The smallest absolute Gasteiger partial charge is 0.0850 e. The Morgan fingerprint density at radius 2 is 0.900 bits per heavy atom. The molecule has 20 heavy (non-hydrogen) atoms. The largest absolute Gasteiger partial charge is 0.236 e. The maximum atomic E-state index is 11.2. The van der Waals surface area contributed by atoms with Crippen LogP contribution in [0.1, 0.15) is 110 Å². The van der Waals surface area contributed by atoms with Crippen molar-refractivity contribution in [2.45, 2.75) is 110 Å². The summed E-state index contributed by atoms with van der Waals surface area (Å²) in [5, 5.41) is 11.2. The first-order chi connectivity index (χ1) is 9.85. The zero-order valence-electron chi connectivity index (χ0n) is 14.3. The third-order valence-corrected chi connectivity index (χ3v) is 4.42. The molecule has 0 saturated carbocycles. The van der Waals surface area contributed by atoms with Crippen LogP contribution in [0, 0.1) is 5.92 Å². The lowest BCUT2D eigenvalue weighted by Gasteiger charge is -2.12. The Morgan fingerprint density at radius 3 is 1.25 bits per heavy atom. The minimum absolute atomic E-state index is 0.158. The Bertz CT molecular complexity index is 167. The molecular weight excluding hydrogens is 244 g/mol. The highest BCUT2D eigenvalue weighted by molar-refractivity contribution is 4.59. The SMILES string of the molecule is CCCCCCCCCC(C[O])CCCCCCCC. The van der Waals surface area contributed by atoms with E-state index < -0.39 is 0 Å². The molecule has 0 aromatic heterocycles. The van der Waals surface area contributed by atoms with E-state index in [1.807, 2.05) is 0 Å². The molecule has 1 nitrogen and oxygen atoms in total. The van der Waals surface area contributed by atoms with Gasteiger partial charge in [0.15, 0.2) is 0 Å². The quantitative estimate of drug-likeness (QED) is 0.274. The summed E-state index contributed by atoms with van der Waals surface area (Å²) in [5.74, 6) is 0.469. The molecule has 1 atom stereocenters.